The molecule has 1 rings (SSSR count). The van der Waals surface area contributed by atoms with Gasteiger partial charge < -0.3 is 4.74 Å². The maximum atomic E-state index is 11.0. The molecule has 1 heterocycles. The van der Waals surface area contributed by atoms with Crippen LogP contribution in [0.2, 0.25) is 0 Å². The highest BCUT2D eigenvalue weighted by Gasteiger charge is 2.21. The van der Waals surface area contributed by atoms with Crippen LogP contribution in [0.25, 0.3) is 0 Å². The van der Waals surface area contributed by atoms with E-state index in [0.29, 0.717) is 13.0 Å². The smallest absolute Gasteiger partial charge is 0.162 e. The summed E-state index contributed by atoms with van der Waals surface area (Å²) < 4.78 is 8.11. The quantitative estimate of drug-likeness (QED) is 0.582. The van der Waals surface area contributed by atoms with Crippen LogP contribution in [0, 0.1) is 0 Å². The number of rotatable bonds is 2. The fourth-order valence-electron chi connectivity index (χ4n) is 0.969. The van der Waals surface area contributed by atoms with Gasteiger partial charge in [-0.05, 0) is 6.42 Å². The van der Waals surface area contributed by atoms with Crippen molar-refractivity contribution < 1.29 is 9.53 Å². The van der Waals surface area contributed by atoms with Crippen LogP contribution in [0.3, 0.4) is 0 Å². The molecule has 1 atom stereocenters. The third-order valence-electron chi connectivity index (χ3n) is 1.51. The van der Waals surface area contributed by atoms with Crippen molar-refractivity contribution in [3.05, 3.63) is 0 Å². The second-order valence-electron chi connectivity index (χ2n) is 2.27. The van der Waals surface area contributed by atoms with E-state index in [1.165, 1.54) is 0 Å². The van der Waals surface area contributed by atoms with E-state index in [9.17, 15) is 4.79 Å². The number of ketones is 1. The molecule has 0 aromatic heterocycles. The Morgan fingerprint density at radius 3 is 3.20 bits per heavy atom. The first-order chi connectivity index (χ1) is 4.84. The molecule has 10 heavy (non-hydrogen) atoms. The Bertz CT molecular complexity index is 127. The lowest BCUT2D eigenvalue weighted by molar-refractivity contribution is -0.134. The third kappa shape index (κ3) is 2.17. The standard InChI is InChI=1S/C6H10INO2/c7-8-4-6-5(9)2-1-3-10-6/h6,8H,1-4H2. The summed E-state index contributed by atoms with van der Waals surface area (Å²) in [5, 5.41) is 0. The Hall–Kier alpha value is 0.320. The molecular weight excluding hydrogens is 245 g/mol. The summed E-state index contributed by atoms with van der Waals surface area (Å²) in [4.78, 5) is 11.0. The minimum Gasteiger partial charge on any atom is -0.369 e. The summed E-state index contributed by atoms with van der Waals surface area (Å²) in [6, 6.07) is 0. The summed E-state index contributed by atoms with van der Waals surface area (Å²) in [5.74, 6) is 0.232. The molecule has 1 aliphatic heterocycles. The van der Waals surface area contributed by atoms with Crippen molar-refractivity contribution in [3.8, 4) is 0 Å². The van der Waals surface area contributed by atoms with Gasteiger partial charge in [-0.3, -0.25) is 8.32 Å². The summed E-state index contributed by atoms with van der Waals surface area (Å²) in [7, 11) is 0. The van der Waals surface area contributed by atoms with Crippen LogP contribution in [-0.2, 0) is 9.53 Å². The maximum Gasteiger partial charge on any atom is 0.162 e. The van der Waals surface area contributed by atoms with Crippen molar-refractivity contribution in [2.24, 2.45) is 0 Å². The van der Waals surface area contributed by atoms with Gasteiger partial charge in [-0.1, -0.05) is 0 Å². The van der Waals surface area contributed by atoms with Gasteiger partial charge in [0.2, 0.25) is 0 Å². The van der Waals surface area contributed by atoms with E-state index in [4.69, 9.17) is 4.74 Å². The summed E-state index contributed by atoms with van der Waals surface area (Å²) in [6.07, 6.45) is 1.38. The van der Waals surface area contributed by atoms with Crippen LogP contribution in [0.5, 0.6) is 0 Å². The van der Waals surface area contributed by atoms with E-state index in [1.807, 2.05) is 22.9 Å². The molecule has 1 fully saturated rings. The van der Waals surface area contributed by atoms with Crippen molar-refractivity contribution in [2.45, 2.75) is 18.9 Å². The highest BCUT2D eigenvalue weighted by molar-refractivity contribution is 14.1. The van der Waals surface area contributed by atoms with Gasteiger partial charge >= 0.3 is 0 Å². The predicted octanol–water partition coefficient (Wildman–Crippen LogP) is 0.674. The van der Waals surface area contributed by atoms with Crippen LogP contribution in [0.1, 0.15) is 12.8 Å². The minimum absolute atomic E-state index is 0.189. The summed E-state index contributed by atoms with van der Waals surface area (Å²) >= 11 is 2.02. The van der Waals surface area contributed by atoms with Gasteiger partial charge in [-0.2, -0.15) is 0 Å². The first kappa shape index (κ1) is 8.42. The van der Waals surface area contributed by atoms with Gasteiger partial charge in [0, 0.05) is 42.4 Å². The molecule has 0 aliphatic carbocycles. The van der Waals surface area contributed by atoms with Gasteiger partial charge in [0.1, 0.15) is 6.10 Å². The normalized spacial score (nSPS) is 26.9. The monoisotopic (exact) mass is 255 g/mol. The molecule has 0 spiro atoms. The van der Waals surface area contributed by atoms with E-state index in [-0.39, 0.29) is 11.9 Å². The number of Topliss-reactive ketones (excluding diaryl/α,β-unsaturated/α-hetero) is 1. The Labute approximate surface area is 74.0 Å². The maximum absolute atomic E-state index is 11.0. The fraction of sp³-hybridized carbons (Fsp3) is 0.833. The van der Waals surface area contributed by atoms with E-state index in [2.05, 4.69) is 3.53 Å². The van der Waals surface area contributed by atoms with Crippen LogP contribution in [0.4, 0.5) is 0 Å². The van der Waals surface area contributed by atoms with Crippen LogP contribution < -0.4 is 3.53 Å². The number of hydrogen-bond donors (Lipinski definition) is 1. The number of carbonyl (C=O) groups excluding carboxylic acids is 1. The molecule has 0 radical (unpaired) electrons. The molecule has 1 aliphatic rings. The van der Waals surface area contributed by atoms with Crippen molar-refractivity contribution in [1.82, 2.24) is 3.53 Å². The highest BCUT2D eigenvalue weighted by atomic mass is 127. The molecule has 0 aromatic rings. The SMILES string of the molecule is O=C1CCCOC1CNI. The van der Waals surface area contributed by atoms with Gasteiger partial charge in [-0.25, -0.2) is 0 Å². The largest absolute Gasteiger partial charge is 0.369 e. The van der Waals surface area contributed by atoms with Crippen molar-refractivity contribution in [1.29, 1.82) is 0 Å². The van der Waals surface area contributed by atoms with Gasteiger partial charge in [-0.15, -0.1) is 0 Å². The highest BCUT2D eigenvalue weighted by Crippen LogP contribution is 2.08. The Morgan fingerprint density at radius 1 is 1.80 bits per heavy atom. The Morgan fingerprint density at radius 2 is 2.60 bits per heavy atom. The molecule has 0 saturated carbocycles. The summed E-state index contributed by atoms with van der Waals surface area (Å²) in [6.45, 7) is 1.37. The molecule has 0 bridgehead atoms. The van der Waals surface area contributed by atoms with E-state index >= 15 is 0 Å². The zero-order valence-electron chi connectivity index (χ0n) is 5.60. The fourth-order valence-corrected chi connectivity index (χ4v) is 1.37. The molecule has 1 unspecified atom stereocenters. The van der Waals surface area contributed by atoms with Crippen molar-refractivity contribution in [2.75, 3.05) is 13.2 Å². The lowest BCUT2D eigenvalue weighted by atomic mass is 10.1. The predicted molar refractivity (Wildman–Crippen MR) is 46.0 cm³/mol. The number of carbonyl (C=O) groups is 1. The van der Waals surface area contributed by atoms with Crippen molar-refractivity contribution in [3.63, 3.8) is 0 Å². The Kier molecular flexibility index (Phi) is 3.58. The second kappa shape index (κ2) is 4.25. The molecule has 58 valence electrons. The van der Waals surface area contributed by atoms with Crippen LogP contribution in [0.15, 0.2) is 0 Å². The lowest BCUT2D eigenvalue weighted by Gasteiger charge is -2.20. The topological polar surface area (TPSA) is 38.3 Å². The van der Waals surface area contributed by atoms with E-state index in [0.717, 1.165) is 13.0 Å². The number of hydrogen-bond acceptors (Lipinski definition) is 3. The van der Waals surface area contributed by atoms with Gasteiger partial charge in [0.05, 0.1) is 0 Å². The van der Waals surface area contributed by atoms with Crippen LogP contribution in [-0.4, -0.2) is 25.0 Å². The van der Waals surface area contributed by atoms with Crippen molar-refractivity contribution >= 4 is 28.6 Å². The Balaban J connectivity index is 2.32. The summed E-state index contributed by atoms with van der Waals surface area (Å²) in [5.41, 5.74) is 0. The van der Waals surface area contributed by atoms with Gasteiger partial charge in [0.25, 0.3) is 0 Å². The van der Waals surface area contributed by atoms with E-state index in [1.54, 1.807) is 0 Å². The molecule has 0 amide bonds. The first-order valence-corrected chi connectivity index (χ1v) is 4.40. The second-order valence-corrected chi connectivity index (χ2v) is 3.03. The third-order valence-corrected chi connectivity index (χ3v) is 1.95. The first-order valence-electron chi connectivity index (χ1n) is 3.32. The van der Waals surface area contributed by atoms with Crippen LogP contribution >= 0.6 is 22.9 Å². The molecule has 1 N–H and O–H groups in total. The van der Waals surface area contributed by atoms with E-state index < -0.39 is 0 Å². The molecule has 0 aromatic carbocycles. The zero-order valence-corrected chi connectivity index (χ0v) is 7.76. The molecular formula is C6H10INO2. The average molecular weight is 255 g/mol. The molecule has 1 saturated heterocycles. The number of ether oxygens (including phenoxy) is 1. The zero-order chi connectivity index (χ0) is 7.40. The van der Waals surface area contributed by atoms with Gasteiger partial charge in [0.15, 0.2) is 5.78 Å². The lowest BCUT2D eigenvalue weighted by Crippen LogP contribution is -2.35. The number of nitrogens with one attached hydrogen (secondary N) is 1. The number of halogens is 1. The molecule has 3 nitrogen and oxygen atoms in total. The average Bonchev–Trinajstić information content (AvgIpc) is 1.94. The molecule has 4 heteroatoms. The minimum atomic E-state index is -0.189.